The smallest absolute Gasteiger partial charge is 0.229 e. The van der Waals surface area contributed by atoms with E-state index in [0.29, 0.717) is 25.3 Å². The summed E-state index contributed by atoms with van der Waals surface area (Å²) in [7, 11) is 1.61. The van der Waals surface area contributed by atoms with Crippen LogP contribution < -0.4 is 26.0 Å². The molecule has 1 aromatic heterocycles. The van der Waals surface area contributed by atoms with Crippen LogP contribution >= 0.6 is 0 Å². The van der Waals surface area contributed by atoms with Gasteiger partial charge in [0.15, 0.2) is 0 Å². The van der Waals surface area contributed by atoms with Gasteiger partial charge in [0.25, 0.3) is 0 Å². The highest BCUT2D eigenvalue weighted by molar-refractivity contribution is 5.98. The number of methoxy groups -OCH3 is 1. The molecule has 1 unspecified atom stereocenters. The molecule has 1 amide bonds. The lowest BCUT2D eigenvalue weighted by Gasteiger charge is -2.23. The van der Waals surface area contributed by atoms with Crippen LogP contribution in [0.5, 0.6) is 5.75 Å². The maximum absolute atomic E-state index is 12.6. The number of benzene rings is 1. The summed E-state index contributed by atoms with van der Waals surface area (Å²) >= 11 is 0. The maximum Gasteiger partial charge on any atom is 0.229 e. The Labute approximate surface area is 151 Å². The Morgan fingerprint density at radius 1 is 1.35 bits per heavy atom. The molecule has 0 bridgehead atoms. The van der Waals surface area contributed by atoms with Gasteiger partial charge in [-0.2, -0.15) is 4.98 Å². The van der Waals surface area contributed by atoms with Crippen molar-refractivity contribution in [1.82, 2.24) is 15.3 Å². The van der Waals surface area contributed by atoms with E-state index in [4.69, 9.17) is 10.5 Å². The summed E-state index contributed by atoms with van der Waals surface area (Å²) < 4.78 is 5.39. The number of rotatable bonds is 4. The van der Waals surface area contributed by atoms with Gasteiger partial charge in [-0.3, -0.25) is 4.79 Å². The molecule has 4 N–H and O–H groups in total. The third-order valence-corrected chi connectivity index (χ3v) is 4.80. The number of para-hydroxylation sites is 2. The van der Waals surface area contributed by atoms with Gasteiger partial charge in [0.05, 0.1) is 24.5 Å². The molecule has 8 nitrogen and oxygen atoms in total. The van der Waals surface area contributed by atoms with Crippen LogP contribution in [0, 0.1) is 0 Å². The van der Waals surface area contributed by atoms with Gasteiger partial charge in [-0.05, 0) is 25.1 Å². The van der Waals surface area contributed by atoms with Crippen molar-refractivity contribution in [1.29, 1.82) is 0 Å². The molecule has 2 aliphatic rings. The number of nitrogens with zero attached hydrogens (tertiary/aromatic N) is 3. The zero-order chi connectivity index (χ0) is 18.1. The molecule has 1 aromatic carbocycles. The number of nitrogens with two attached hydrogens (primary N) is 1. The number of carbonyl (C=O) groups excluding carboxylic acids is 1. The number of nitrogens with one attached hydrogen (secondary N) is 2. The molecule has 8 heteroatoms. The lowest BCUT2D eigenvalue weighted by atomic mass is 10.1. The van der Waals surface area contributed by atoms with Gasteiger partial charge >= 0.3 is 0 Å². The fourth-order valence-corrected chi connectivity index (χ4v) is 3.58. The van der Waals surface area contributed by atoms with Crippen LogP contribution in [0.15, 0.2) is 24.3 Å². The van der Waals surface area contributed by atoms with E-state index in [9.17, 15) is 4.79 Å². The molecule has 0 saturated carbocycles. The molecule has 1 fully saturated rings. The van der Waals surface area contributed by atoms with E-state index in [-0.39, 0.29) is 17.9 Å². The zero-order valence-corrected chi connectivity index (χ0v) is 14.7. The number of hydrogen-bond donors (Lipinski definition) is 3. The minimum atomic E-state index is -0.0410. The Hall–Kier alpha value is -2.87. The minimum Gasteiger partial charge on any atom is -0.495 e. The van der Waals surface area contributed by atoms with Crippen LogP contribution in [0.2, 0.25) is 0 Å². The molecule has 1 saturated heterocycles. The second-order valence-electron chi connectivity index (χ2n) is 6.50. The zero-order valence-electron chi connectivity index (χ0n) is 14.7. The highest BCUT2D eigenvalue weighted by Gasteiger charge is 2.33. The predicted molar refractivity (Wildman–Crippen MR) is 99.2 cm³/mol. The quantitative estimate of drug-likeness (QED) is 0.750. The van der Waals surface area contributed by atoms with E-state index in [1.807, 2.05) is 24.3 Å². The summed E-state index contributed by atoms with van der Waals surface area (Å²) in [5, 5.41) is 6.70. The largest absolute Gasteiger partial charge is 0.495 e. The first kappa shape index (κ1) is 16.6. The van der Waals surface area contributed by atoms with Crippen LogP contribution in [0.3, 0.4) is 0 Å². The van der Waals surface area contributed by atoms with Gasteiger partial charge in [0.1, 0.15) is 11.6 Å². The molecule has 4 rings (SSSR count). The molecule has 136 valence electrons. The standard InChI is InChI=1S/C18H22N6O2/c1-26-15-5-3-2-4-14(15)24-10-11(8-16(24)25)21-17-12-6-7-20-9-13(12)22-18(19)23-17/h2-5,11,20H,6-10H2,1H3,(H3,19,21,22,23). The number of anilines is 3. The van der Waals surface area contributed by atoms with Crippen LogP contribution in [-0.2, 0) is 17.8 Å². The van der Waals surface area contributed by atoms with Gasteiger partial charge in [0, 0.05) is 25.1 Å². The summed E-state index contributed by atoms with van der Waals surface area (Å²) in [5.41, 5.74) is 8.66. The number of amides is 1. The van der Waals surface area contributed by atoms with Crippen molar-refractivity contribution in [3.8, 4) is 5.75 Å². The summed E-state index contributed by atoms with van der Waals surface area (Å²) in [6.07, 6.45) is 1.24. The lowest BCUT2D eigenvalue weighted by molar-refractivity contribution is -0.117. The first-order valence-corrected chi connectivity index (χ1v) is 8.71. The van der Waals surface area contributed by atoms with E-state index >= 15 is 0 Å². The van der Waals surface area contributed by atoms with Crippen LogP contribution in [-0.4, -0.2) is 42.1 Å². The monoisotopic (exact) mass is 354 g/mol. The molecule has 3 heterocycles. The van der Waals surface area contributed by atoms with Crippen molar-refractivity contribution < 1.29 is 9.53 Å². The number of hydrogen-bond acceptors (Lipinski definition) is 7. The Morgan fingerprint density at radius 3 is 3.04 bits per heavy atom. The summed E-state index contributed by atoms with van der Waals surface area (Å²) in [6.45, 7) is 2.12. The molecule has 0 aliphatic carbocycles. The Balaban J connectivity index is 1.56. The molecular formula is C18H22N6O2. The third kappa shape index (κ3) is 3.03. The second-order valence-corrected chi connectivity index (χ2v) is 6.50. The number of fused-ring (bicyclic) bond motifs is 1. The molecule has 26 heavy (non-hydrogen) atoms. The SMILES string of the molecule is COc1ccccc1N1CC(Nc2nc(N)nc3c2CCNC3)CC1=O. The van der Waals surface area contributed by atoms with Crippen molar-refractivity contribution in [3.05, 3.63) is 35.5 Å². The van der Waals surface area contributed by atoms with Crippen LogP contribution in [0.1, 0.15) is 17.7 Å². The van der Waals surface area contributed by atoms with Gasteiger partial charge in [-0.15, -0.1) is 0 Å². The van der Waals surface area contributed by atoms with Crippen molar-refractivity contribution >= 4 is 23.4 Å². The normalized spacial score (nSPS) is 19.3. The van der Waals surface area contributed by atoms with Crippen molar-refractivity contribution in [2.24, 2.45) is 0 Å². The van der Waals surface area contributed by atoms with Crippen molar-refractivity contribution in [2.75, 3.05) is 36.1 Å². The fourth-order valence-electron chi connectivity index (χ4n) is 3.58. The fraction of sp³-hybridized carbons (Fsp3) is 0.389. The van der Waals surface area contributed by atoms with Gasteiger partial charge in [-0.1, -0.05) is 12.1 Å². The second kappa shape index (κ2) is 6.80. The summed E-state index contributed by atoms with van der Waals surface area (Å²) in [6, 6.07) is 7.51. The summed E-state index contributed by atoms with van der Waals surface area (Å²) in [5.74, 6) is 1.75. The molecule has 2 aromatic rings. The Kier molecular flexibility index (Phi) is 4.34. The van der Waals surface area contributed by atoms with Crippen LogP contribution in [0.4, 0.5) is 17.5 Å². The average Bonchev–Trinajstić information content (AvgIpc) is 3.01. The number of carbonyl (C=O) groups is 1. The Morgan fingerprint density at radius 2 is 2.19 bits per heavy atom. The summed E-state index contributed by atoms with van der Waals surface area (Å²) in [4.78, 5) is 23.0. The van der Waals surface area contributed by atoms with E-state index in [1.54, 1.807) is 12.0 Å². The Bertz CT molecular complexity index is 840. The van der Waals surface area contributed by atoms with Crippen LogP contribution in [0.25, 0.3) is 0 Å². The molecule has 2 aliphatic heterocycles. The highest BCUT2D eigenvalue weighted by Crippen LogP contribution is 2.32. The van der Waals surface area contributed by atoms with E-state index in [2.05, 4.69) is 20.6 Å². The van der Waals surface area contributed by atoms with E-state index < -0.39 is 0 Å². The van der Waals surface area contributed by atoms with Gasteiger partial charge in [-0.25, -0.2) is 4.98 Å². The highest BCUT2D eigenvalue weighted by atomic mass is 16.5. The van der Waals surface area contributed by atoms with Gasteiger partial charge in [0.2, 0.25) is 11.9 Å². The molecule has 0 radical (unpaired) electrons. The maximum atomic E-state index is 12.6. The topological polar surface area (TPSA) is 105 Å². The number of nitrogen functional groups attached to an aromatic ring is 1. The van der Waals surface area contributed by atoms with E-state index in [0.717, 1.165) is 35.7 Å². The number of ether oxygens (including phenoxy) is 1. The molecule has 1 atom stereocenters. The first-order chi connectivity index (χ1) is 12.7. The first-order valence-electron chi connectivity index (χ1n) is 8.71. The average molecular weight is 354 g/mol. The lowest BCUT2D eigenvalue weighted by Crippen LogP contribution is -2.30. The van der Waals surface area contributed by atoms with E-state index in [1.165, 1.54) is 0 Å². The number of aromatic nitrogens is 2. The predicted octanol–water partition coefficient (Wildman–Crippen LogP) is 0.931. The van der Waals surface area contributed by atoms with Crippen molar-refractivity contribution in [3.63, 3.8) is 0 Å². The third-order valence-electron chi connectivity index (χ3n) is 4.80. The molecular weight excluding hydrogens is 332 g/mol. The molecule has 0 spiro atoms. The van der Waals surface area contributed by atoms with Crippen molar-refractivity contribution in [2.45, 2.75) is 25.4 Å². The van der Waals surface area contributed by atoms with Gasteiger partial charge < -0.3 is 26.0 Å². The minimum absolute atomic E-state index is 0.0410.